The molecule has 0 N–H and O–H groups in total. The zero-order valence-corrected chi connectivity index (χ0v) is 12.5. The molecule has 1 saturated heterocycles. The SMILES string of the molecule is CCOC(=O)c1nnn(CCC2CCCO2)c1C(C)C. The Morgan fingerprint density at radius 2 is 2.35 bits per heavy atom. The van der Waals surface area contributed by atoms with Gasteiger partial charge in [0.1, 0.15) is 0 Å². The molecule has 1 aromatic heterocycles. The Kier molecular flexibility index (Phi) is 5.11. The number of ether oxygens (including phenoxy) is 2. The molecule has 1 aliphatic rings. The predicted molar refractivity (Wildman–Crippen MR) is 73.7 cm³/mol. The zero-order valence-electron chi connectivity index (χ0n) is 12.5. The van der Waals surface area contributed by atoms with E-state index in [0.717, 1.165) is 38.1 Å². The van der Waals surface area contributed by atoms with E-state index in [-0.39, 0.29) is 11.9 Å². The fraction of sp³-hybridized carbons (Fsp3) is 0.786. The van der Waals surface area contributed by atoms with Crippen LogP contribution in [0.2, 0.25) is 0 Å². The molecule has 6 nitrogen and oxygen atoms in total. The third-order valence-corrected chi connectivity index (χ3v) is 3.48. The molecule has 1 unspecified atom stereocenters. The topological polar surface area (TPSA) is 66.2 Å². The van der Waals surface area contributed by atoms with Crippen molar-refractivity contribution < 1.29 is 14.3 Å². The highest BCUT2D eigenvalue weighted by molar-refractivity contribution is 5.88. The Morgan fingerprint density at radius 1 is 1.55 bits per heavy atom. The van der Waals surface area contributed by atoms with Gasteiger partial charge < -0.3 is 9.47 Å². The molecule has 1 fully saturated rings. The van der Waals surface area contributed by atoms with Crippen molar-refractivity contribution in [3.63, 3.8) is 0 Å². The van der Waals surface area contributed by atoms with Gasteiger partial charge in [-0.1, -0.05) is 19.1 Å². The van der Waals surface area contributed by atoms with E-state index in [4.69, 9.17) is 9.47 Å². The minimum atomic E-state index is -0.389. The molecule has 1 aliphatic heterocycles. The van der Waals surface area contributed by atoms with Crippen LogP contribution in [-0.2, 0) is 16.0 Å². The second-order valence-corrected chi connectivity index (χ2v) is 5.35. The van der Waals surface area contributed by atoms with Crippen LogP contribution in [0.15, 0.2) is 0 Å². The number of carbonyl (C=O) groups is 1. The quantitative estimate of drug-likeness (QED) is 0.747. The maximum Gasteiger partial charge on any atom is 0.360 e. The minimum absolute atomic E-state index is 0.175. The smallest absolute Gasteiger partial charge is 0.360 e. The van der Waals surface area contributed by atoms with Crippen molar-refractivity contribution in [3.8, 4) is 0 Å². The van der Waals surface area contributed by atoms with Gasteiger partial charge >= 0.3 is 5.97 Å². The van der Waals surface area contributed by atoms with E-state index in [2.05, 4.69) is 10.3 Å². The van der Waals surface area contributed by atoms with Gasteiger partial charge in [0.15, 0.2) is 5.69 Å². The van der Waals surface area contributed by atoms with Crippen LogP contribution >= 0.6 is 0 Å². The summed E-state index contributed by atoms with van der Waals surface area (Å²) in [4.78, 5) is 11.9. The van der Waals surface area contributed by atoms with Gasteiger partial charge in [0.25, 0.3) is 0 Å². The van der Waals surface area contributed by atoms with Crippen LogP contribution in [0, 0.1) is 0 Å². The molecular weight excluding hydrogens is 258 g/mol. The van der Waals surface area contributed by atoms with Crippen molar-refractivity contribution in [2.75, 3.05) is 13.2 Å². The number of rotatable bonds is 6. The average molecular weight is 281 g/mol. The summed E-state index contributed by atoms with van der Waals surface area (Å²) in [5, 5.41) is 8.11. The minimum Gasteiger partial charge on any atom is -0.461 e. The third kappa shape index (κ3) is 3.36. The number of aromatic nitrogens is 3. The van der Waals surface area contributed by atoms with Crippen molar-refractivity contribution in [2.45, 2.75) is 58.6 Å². The van der Waals surface area contributed by atoms with Crippen LogP contribution < -0.4 is 0 Å². The summed E-state index contributed by atoms with van der Waals surface area (Å²) in [6.07, 6.45) is 3.46. The van der Waals surface area contributed by atoms with Gasteiger partial charge in [-0.15, -0.1) is 5.10 Å². The van der Waals surface area contributed by atoms with Gasteiger partial charge in [-0.25, -0.2) is 9.48 Å². The fourth-order valence-electron chi connectivity index (χ4n) is 2.54. The van der Waals surface area contributed by atoms with Gasteiger partial charge in [0.05, 0.1) is 18.4 Å². The van der Waals surface area contributed by atoms with Crippen LogP contribution in [0.4, 0.5) is 0 Å². The molecule has 2 heterocycles. The van der Waals surface area contributed by atoms with Crippen molar-refractivity contribution in [1.29, 1.82) is 0 Å². The highest BCUT2D eigenvalue weighted by Crippen LogP contribution is 2.21. The van der Waals surface area contributed by atoms with Crippen LogP contribution in [0.1, 0.15) is 62.1 Å². The van der Waals surface area contributed by atoms with E-state index in [1.807, 2.05) is 18.5 Å². The lowest BCUT2D eigenvalue weighted by Gasteiger charge is -2.13. The van der Waals surface area contributed by atoms with Crippen LogP contribution in [-0.4, -0.2) is 40.3 Å². The summed E-state index contributed by atoms with van der Waals surface area (Å²) < 4.78 is 12.5. The lowest BCUT2D eigenvalue weighted by molar-refractivity contribution is 0.0517. The number of carbonyl (C=O) groups excluding carboxylic acids is 1. The van der Waals surface area contributed by atoms with E-state index in [1.165, 1.54) is 0 Å². The number of aryl methyl sites for hydroxylation is 1. The lowest BCUT2D eigenvalue weighted by atomic mass is 10.1. The highest BCUT2D eigenvalue weighted by atomic mass is 16.5. The maximum atomic E-state index is 11.9. The monoisotopic (exact) mass is 281 g/mol. The molecule has 0 bridgehead atoms. The molecule has 6 heteroatoms. The summed E-state index contributed by atoms with van der Waals surface area (Å²) in [5.74, 6) is -0.214. The van der Waals surface area contributed by atoms with E-state index in [0.29, 0.717) is 18.4 Å². The summed E-state index contributed by atoms with van der Waals surface area (Å²) >= 11 is 0. The first-order valence-electron chi connectivity index (χ1n) is 7.35. The van der Waals surface area contributed by atoms with Gasteiger partial charge in [-0.3, -0.25) is 0 Å². The first-order valence-corrected chi connectivity index (χ1v) is 7.35. The highest BCUT2D eigenvalue weighted by Gasteiger charge is 2.24. The van der Waals surface area contributed by atoms with Crippen molar-refractivity contribution in [1.82, 2.24) is 15.0 Å². The lowest BCUT2D eigenvalue weighted by Crippen LogP contribution is -2.15. The standard InChI is InChI=1S/C14H23N3O3/c1-4-19-14(18)12-13(10(2)3)17(16-15-12)8-7-11-6-5-9-20-11/h10-11H,4-9H2,1-3H3. The van der Waals surface area contributed by atoms with Crippen LogP contribution in [0.3, 0.4) is 0 Å². The fourth-order valence-corrected chi connectivity index (χ4v) is 2.54. The molecule has 1 atom stereocenters. The van der Waals surface area contributed by atoms with Gasteiger partial charge in [0.2, 0.25) is 0 Å². The van der Waals surface area contributed by atoms with Gasteiger partial charge in [0, 0.05) is 13.2 Å². The molecule has 0 spiro atoms. The van der Waals surface area contributed by atoms with Crippen LogP contribution in [0.5, 0.6) is 0 Å². The second-order valence-electron chi connectivity index (χ2n) is 5.35. The van der Waals surface area contributed by atoms with Gasteiger partial charge in [-0.05, 0) is 32.1 Å². The van der Waals surface area contributed by atoms with Crippen molar-refractivity contribution >= 4 is 5.97 Å². The summed E-state index contributed by atoms with van der Waals surface area (Å²) in [6.45, 7) is 7.78. The second kappa shape index (κ2) is 6.83. The Bertz CT molecular complexity index is 451. The maximum absolute atomic E-state index is 11.9. The van der Waals surface area contributed by atoms with E-state index in [9.17, 15) is 4.79 Å². The molecule has 112 valence electrons. The van der Waals surface area contributed by atoms with Crippen LogP contribution in [0.25, 0.3) is 0 Å². The number of hydrogen-bond donors (Lipinski definition) is 0. The predicted octanol–water partition coefficient (Wildman–Crippen LogP) is 2.15. The molecule has 0 saturated carbocycles. The summed E-state index contributed by atoms with van der Waals surface area (Å²) in [5.41, 5.74) is 1.19. The largest absolute Gasteiger partial charge is 0.461 e. The normalized spacial score (nSPS) is 18.7. The molecule has 0 aliphatic carbocycles. The van der Waals surface area contributed by atoms with Crippen molar-refractivity contribution in [3.05, 3.63) is 11.4 Å². The Labute approximate surface area is 119 Å². The number of nitrogens with zero attached hydrogens (tertiary/aromatic N) is 3. The summed E-state index contributed by atoms with van der Waals surface area (Å²) in [7, 11) is 0. The first-order chi connectivity index (χ1) is 9.63. The molecular formula is C14H23N3O3. The van der Waals surface area contributed by atoms with Gasteiger partial charge in [-0.2, -0.15) is 0 Å². The first kappa shape index (κ1) is 15.0. The third-order valence-electron chi connectivity index (χ3n) is 3.48. The molecule has 1 aromatic rings. The van der Waals surface area contributed by atoms with E-state index < -0.39 is 0 Å². The zero-order chi connectivity index (χ0) is 14.5. The molecule has 2 rings (SSSR count). The Balaban J connectivity index is 2.09. The Morgan fingerprint density at radius 3 is 2.95 bits per heavy atom. The molecule has 0 aromatic carbocycles. The Hall–Kier alpha value is -1.43. The van der Waals surface area contributed by atoms with E-state index in [1.54, 1.807) is 6.92 Å². The molecule has 0 amide bonds. The number of esters is 1. The summed E-state index contributed by atoms with van der Waals surface area (Å²) in [6, 6.07) is 0. The number of hydrogen-bond acceptors (Lipinski definition) is 5. The molecule has 0 radical (unpaired) electrons. The average Bonchev–Trinajstić information content (AvgIpc) is 3.05. The molecule has 20 heavy (non-hydrogen) atoms. The van der Waals surface area contributed by atoms with E-state index >= 15 is 0 Å². The van der Waals surface area contributed by atoms with Crippen molar-refractivity contribution in [2.24, 2.45) is 0 Å².